The van der Waals surface area contributed by atoms with Gasteiger partial charge in [0.25, 0.3) is 0 Å². The summed E-state index contributed by atoms with van der Waals surface area (Å²) in [6, 6.07) is 0. The number of unbranched alkanes of at least 4 members (excludes halogenated alkanes) is 11. The minimum atomic E-state index is -4.39. The summed E-state index contributed by atoms with van der Waals surface area (Å²) in [6.45, 7) is 3.51. The number of allylic oxidation sites excluding steroid dienone is 14. The molecule has 0 radical (unpaired) electrons. The highest BCUT2D eigenvalue weighted by atomic mass is 31.2. The van der Waals surface area contributed by atoms with E-state index >= 15 is 0 Å². The molecule has 0 heterocycles. The molecular weight excluding hydrogens is 713 g/mol. The fourth-order valence-corrected chi connectivity index (χ4v) is 5.92. The van der Waals surface area contributed by atoms with Crippen LogP contribution in [0.3, 0.4) is 0 Å². The maximum absolute atomic E-state index is 12.6. The van der Waals surface area contributed by atoms with Gasteiger partial charge in [0.2, 0.25) is 0 Å². The van der Waals surface area contributed by atoms with Gasteiger partial charge in [0, 0.05) is 19.4 Å². The van der Waals surface area contributed by atoms with Gasteiger partial charge in [-0.25, -0.2) is 4.57 Å². The van der Waals surface area contributed by atoms with Gasteiger partial charge in [-0.2, -0.15) is 0 Å². The zero-order valence-corrected chi connectivity index (χ0v) is 35.3. The smallest absolute Gasteiger partial charge is 0.462 e. The Hall–Kier alpha value is -2.81. The van der Waals surface area contributed by atoms with E-state index in [-0.39, 0.29) is 32.6 Å². The number of carbonyl (C=O) groups excluding carboxylic acids is 2. The molecule has 0 amide bonds. The van der Waals surface area contributed by atoms with Crippen molar-refractivity contribution in [2.24, 2.45) is 5.73 Å². The van der Waals surface area contributed by atoms with Crippen LogP contribution in [-0.4, -0.2) is 49.3 Å². The lowest BCUT2D eigenvalue weighted by atomic mass is 10.1. The zero-order valence-electron chi connectivity index (χ0n) is 34.4. The molecular formula is C45H76NO8P. The second-order valence-electron chi connectivity index (χ2n) is 13.5. The van der Waals surface area contributed by atoms with Crippen LogP contribution in [-0.2, 0) is 32.7 Å². The number of ether oxygens (including phenoxy) is 2. The van der Waals surface area contributed by atoms with Crippen LogP contribution in [0, 0.1) is 0 Å². The maximum atomic E-state index is 12.6. The van der Waals surface area contributed by atoms with Crippen LogP contribution in [0.25, 0.3) is 0 Å². The van der Waals surface area contributed by atoms with Crippen LogP contribution in [0.1, 0.15) is 155 Å². The van der Waals surface area contributed by atoms with E-state index in [4.69, 9.17) is 24.3 Å². The summed E-state index contributed by atoms with van der Waals surface area (Å²) in [5, 5.41) is 0. The Labute approximate surface area is 334 Å². The Kier molecular flexibility index (Phi) is 38.8. The first-order valence-corrected chi connectivity index (χ1v) is 22.6. The minimum Gasteiger partial charge on any atom is -0.462 e. The monoisotopic (exact) mass is 790 g/mol. The Morgan fingerprint density at radius 3 is 1.51 bits per heavy atom. The molecule has 0 fully saturated rings. The molecule has 0 rings (SSSR count). The van der Waals surface area contributed by atoms with E-state index in [0.29, 0.717) is 12.8 Å². The van der Waals surface area contributed by atoms with Crippen molar-refractivity contribution in [3.63, 3.8) is 0 Å². The van der Waals surface area contributed by atoms with Crippen molar-refractivity contribution in [1.82, 2.24) is 0 Å². The second kappa shape index (κ2) is 40.8. The van der Waals surface area contributed by atoms with Crippen molar-refractivity contribution in [3.05, 3.63) is 85.1 Å². The molecule has 0 saturated heterocycles. The van der Waals surface area contributed by atoms with E-state index in [1.165, 1.54) is 25.7 Å². The van der Waals surface area contributed by atoms with Gasteiger partial charge in [0.15, 0.2) is 6.10 Å². The zero-order chi connectivity index (χ0) is 40.3. The summed E-state index contributed by atoms with van der Waals surface area (Å²) in [7, 11) is -4.39. The largest absolute Gasteiger partial charge is 0.472 e. The number of hydrogen-bond acceptors (Lipinski definition) is 8. The molecule has 9 nitrogen and oxygen atoms in total. The van der Waals surface area contributed by atoms with Gasteiger partial charge < -0.3 is 20.1 Å². The summed E-state index contributed by atoms with van der Waals surface area (Å²) in [6.07, 6.45) is 50.4. The Bertz CT molecular complexity index is 1170. The molecule has 0 aromatic rings. The summed E-state index contributed by atoms with van der Waals surface area (Å²) in [5.41, 5.74) is 5.34. The minimum absolute atomic E-state index is 0.0415. The molecule has 0 aromatic heterocycles. The van der Waals surface area contributed by atoms with Crippen molar-refractivity contribution in [3.8, 4) is 0 Å². The van der Waals surface area contributed by atoms with Crippen LogP contribution in [0.15, 0.2) is 85.1 Å². The molecule has 3 N–H and O–H groups in total. The quantitative estimate of drug-likeness (QED) is 0.0271. The Balaban J connectivity index is 4.28. The first-order chi connectivity index (χ1) is 26.8. The fraction of sp³-hybridized carbons (Fsp3) is 0.644. The predicted octanol–water partition coefficient (Wildman–Crippen LogP) is 12.0. The predicted molar refractivity (Wildman–Crippen MR) is 229 cm³/mol. The van der Waals surface area contributed by atoms with Gasteiger partial charge in [-0.1, -0.05) is 137 Å². The van der Waals surface area contributed by atoms with E-state index in [0.717, 1.165) is 89.9 Å². The van der Waals surface area contributed by atoms with Gasteiger partial charge in [-0.15, -0.1) is 0 Å². The molecule has 0 spiro atoms. The number of nitrogens with two attached hydrogens (primary N) is 1. The van der Waals surface area contributed by atoms with Crippen LogP contribution in [0.4, 0.5) is 0 Å². The molecule has 1 unspecified atom stereocenters. The highest BCUT2D eigenvalue weighted by Crippen LogP contribution is 2.43. The molecule has 55 heavy (non-hydrogen) atoms. The van der Waals surface area contributed by atoms with Crippen molar-refractivity contribution in [1.29, 1.82) is 0 Å². The maximum Gasteiger partial charge on any atom is 0.472 e. The third-order valence-corrected chi connectivity index (χ3v) is 9.25. The molecule has 0 saturated carbocycles. The van der Waals surface area contributed by atoms with Gasteiger partial charge in [-0.05, 0) is 89.9 Å². The summed E-state index contributed by atoms with van der Waals surface area (Å²) in [5.74, 6) is -0.891. The lowest BCUT2D eigenvalue weighted by Crippen LogP contribution is -2.29. The lowest BCUT2D eigenvalue weighted by Gasteiger charge is -2.19. The molecule has 0 aliphatic heterocycles. The van der Waals surface area contributed by atoms with E-state index in [1.807, 2.05) is 0 Å². The normalized spacial score (nSPS) is 14.2. The molecule has 0 aliphatic carbocycles. The van der Waals surface area contributed by atoms with Crippen LogP contribution >= 0.6 is 7.82 Å². The standard InChI is InChI=1S/C45H76NO8P/c1-3-5-7-9-11-13-15-17-19-20-21-22-24-25-27-29-31-33-35-37-44(47)51-41-43(42-53-55(49,50)52-40-39-46)54-45(48)38-36-34-32-30-28-26-23-18-16-14-12-10-8-6-4-2/h5,7,11-14,17-19,21-23,25,27,43H,3-4,6,8-10,15-16,20,24,26,28-42,46H2,1-2H3,(H,49,50)/t43-/m1/s1. The average molecular weight is 790 g/mol. The Morgan fingerprint density at radius 2 is 1.00 bits per heavy atom. The number of phosphoric ester groups is 1. The highest BCUT2D eigenvalue weighted by molar-refractivity contribution is 7.47. The number of phosphoric acid groups is 1. The van der Waals surface area contributed by atoms with E-state index < -0.39 is 32.5 Å². The van der Waals surface area contributed by atoms with Gasteiger partial charge in [0.05, 0.1) is 13.2 Å². The molecule has 0 bridgehead atoms. The molecule has 314 valence electrons. The van der Waals surface area contributed by atoms with E-state index in [1.54, 1.807) is 0 Å². The number of esters is 2. The number of carbonyl (C=O) groups is 2. The third-order valence-electron chi connectivity index (χ3n) is 8.27. The van der Waals surface area contributed by atoms with Gasteiger partial charge in [-0.3, -0.25) is 18.6 Å². The fourth-order valence-electron chi connectivity index (χ4n) is 5.16. The van der Waals surface area contributed by atoms with Crippen molar-refractivity contribution in [2.75, 3.05) is 26.4 Å². The van der Waals surface area contributed by atoms with Crippen LogP contribution in [0.2, 0.25) is 0 Å². The van der Waals surface area contributed by atoms with Crippen molar-refractivity contribution in [2.45, 2.75) is 161 Å². The first-order valence-electron chi connectivity index (χ1n) is 21.1. The molecule has 0 aliphatic rings. The van der Waals surface area contributed by atoms with E-state index in [2.05, 4.69) is 98.9 Å². The van der Waals surface area contributed by atoms with Crippen LogP contribution in [0.5, 0.6) is 0 Å². The molecule has 10 heteroatoms. The first kappa shape index (κ1) is 52.2. The average Bonchev–Trinajstić information content (AvgIpc) is 3.17. The van der Waals surface area contributed by atoms with Crippen molar-refractivity contribution < 1.29 is 37.6 Å². The van der Waals surface area contributed by atoms with Gasteiger partial charge in [0.1, 0.15) is 6.61 Å². The summed E-state index contributed by atoms with van der Waals surface area (Å²) in [4.78, 5) is 34.8. The lowest BCUT2D eigenvalue weighted by molar-refractivity contribution is -0.161. The number of hydrogen-bond donors (Lipinski definition) is 2. The number of rotatable bonds is 38. The third kappa shape index (κ3) is 40.7. The summed E-state index contributed by atoms with van der Waals surface area (Å²) >= 11 is 0. The highest BCUT2D eigenvalue weighted by Gasteiger charge is 2.25. The van der Waals surface area contributed by atoms with Crippen LogP contribution < -0.4 is 5.73 Å². The molecule has 0 aromatic carbocycles. The second-order valence-corrected chi connectivity index (χ2v) is 14.9. The molecule has 2 atom stereocenters. The van der Waals surface area contributed by atoms with E-state index in [9.17, 15) is 19.0 Å². The van der Waals surface area contributed by atoms with Crippen molar-refractivity contribution >= 4 is 19.8 Å². The van der Waals surface area contributed by atoms with Gasteiger partial charge >= 0.3 is 19.8 Å². The Morgan fingerprint density at radius 1 is 0.564 bits per heavy atom. The summed E-state index contributed by atoms with van der Waals surface area (Å²) < 4.78 is 32.7. The SMILES string of the molecule is CCC=CCC=CCC=CCC=CCC=CCCCCCC(=O)OC[C@H](COP(=O)(O)OCCN)OC(=O)CCCCCCCC=CCC=CCCCCC. The topological polar surface area (TPSA) is 134 Å².